The summed E-state index contributed by atoms with van der Waals surface area (Å²) in [6.07, 6.45) is 2.15. The van der Waals surface area contributed by atoms with Crippen LogP contribution in [0.5, 0.6) is 0 Å². The summed E-state index contributed by atoms with van der Waals surface area (Å²) in [5.41, 5.74) is 2.94. The molecule has 206 valence electrons. The maximum atomic E-state index is 13.6. The first-order valence-electron chi connectivity index (χ1n) is 13.5. The van der Waals surface area contributed by atoms with Crippen LogP contribution in [0.4, 0.5) is 0 Å². The minimum absolute atomic E-state index is 0.186. The van der Waals surface area contributed by atoms with Crippen molar-refractivity contribution < 1.29 is 18.3 Å². The highest BCUT2D eigenvalue weighted by Gasteiger charge is 2.40. The van der Waals surface area contributed by atoms with Crippen LogP contribution >= 0.6 is 11.8 Å². The van der Waals surface area contributed by atoms with E-state index < -0.39 is 15.4 Å². The standard InChI is InChI=1S/C30H35N3O4S2/c34-26-12-7-18-32(22-26)19-17-28(25-10-5-2-6-11-25)31-29(35)30-33(20-21-38-30)39(36,37)27-15-13-24(14-16-27)23-8-3-1-4-9-23/h1-6,8-11,13-16,26,28,30,34H,7,12,17-22H2,(H,31,35). The zero-order valence-electron chi connectivity index (χ0n) is 21.9. The lowest BCUT2D eigenvalue weighted by Gasteiger charge is -2.32. The second-order valence-electron chi connectivity index (χ2n) is 10.1. The average molecular weight is 566 g/mol. The largest absolute Gasteiger partial charge is 0.392 e. The molecule has 2 heterocycles. The zero-order chi connectivity index (χ0) is 27.2. The molecule has 39 heavy (non-hydrogen) atoms. The summed E-state index contributed by atoms with van der Waals surface area (Å²) < 4.78 is 28.6. The van der Waals surface area contributed by atoms with Crippen molar-refractivity contribution in [2.45, 2.75) is 41.7 Å². The third-order valence-electron chi connectivity index (χ3n) is 7.37. The van der Waals surface area contributed by atoms with Crippen molar-refractivity contribution in [2.24, 2.45) is 0 Å². The predicted octanol–water partition coefficient (Wildman–Crippen LogP) is 4.12. The maximum Gasteiger partial charge on any atom is 0.249 e. The summed E-state index contributed by atoms with van der Waals surface area (Å²) in [4.78, 5) is 16.0. The van der Waals surface area contributed by atoms with E-state index in [4.69, 9.17) is 0 Å². The molecule has 0 aliphatic carbocycles. The number of nitrogens with one attached hydrogen (secondary N) is 1. The summed E-state index contributed by atoms with van der Waals surface area (Å²) in [5, 5.41) is 12.4. The van der Waals surface area contributed by atoms with E-state index in [0.717, 1.165) is 42.6 Å². The molecule has 0 saturated carbocycles. The van der Waals surface area contributed by atoms with Crippen LogP contribution in [0.1, 0.15) is 30.9 Å². The van der Waals surface area contributed by atoms with Gasteiger partial charge in [-0.2, -0.15) is 4.31 Å². The molecule has 0 aromatic heterocycles. The molecule has 0 spiro atoms. The van der Waals surface area contributed by atoms with Gasteiger partial charge in [-0.3, -0.25) is 4.79 Å². The van der Waals surface area contributed by atoms with Gasteiger partial charge in [0.1, 0.15) is 5.37 Å². The Bertz CT molecular complexity index is 1340. The molecule has 2 fully saturated rings. The number of aliphatic hydroxyl groups excluding tert-OH is 1. The molecule has 0 radical (unpaired) electrons. The molecule has 3 unspecified atom stereocenters. The number of nitrogens with zero attached hydrogens (tertiary/aromatic N) is 2. The molecule has 3 aromatic rings. The number of aliphatic hydroxyl groups is 1. The molecule has 1 amide bonds. The third kappa shape index (κ3) is 6.73. The van der Waals surface area contributed by atoms with Gasteiger partial charge in [0.2, 0.25) is 15.9 Å². The third-order valence-corrected chi connectivity index (χ3v) is 10.6. The van der Waals surface area contributed by atoms with E-state index in [1.165, 1.54) is 16.1 Å². The molecule has 3 aromatic carbocycles. The van der Waals surface area contributed by atoms with Crippen LogP contribution in [0.3, 0.4) is 0 Å². The van der Waals surface area contributed by atoms with E-state index in [1.54, 1.807) is 12.1 Å². The van der Waals surface area contributed by atoms with Crippen molar-refractivity contribution >= 4 is 27.7 Å². The SMILES string of the molecule is O=C(NC(CCN1CCCC(O)C1)c1ccccc1)C1SCCN1S(=O)(=O)c1ccc(-c2ccccc2)cc1. The second kappa shape index (κ2) is 12.7. The van der Waals surface area contributed by atoms with Gasteiger partial charge in [-0.1, -0.05) is 72.8 Å². The lowest BCUT2D eigenvalue weighted by molar-refractivity contribution is -0.123. The highest BCUT2D eigenvalue weighted by atomic mass is 32.2. The zero-order valence-corrected chi connectivity index (χ0v) is 23.5. The minimum atomic E-state index is -3.85. The van der Waals surface area contributed by atoms with Gasteiger partial charge in [-0.05, 0) is 54.6 Å². The fourth-order valence-electron chi connectivity index (χ4n) is 5.29. The molecule has 0 bridgehead atoms. The van der Waals surface area contributed by atoms with Crippen LogP contribution in [0.25, 0.3) is 11.1 Å². The van der Waals surface area contributed by atoms with E-state index in [9.17, 15) is 18.3 Å². The number of rotatable bonds is 9. The normalized spacial score (nSPS) is 21.5. The Morgan fingerprint density at radius 1 is 0.949 bits per heavy atom. The van der Waals surface area contributed by atoms with Crippen molar-refractivity contribution in [3.8, 4) is 11.1 Å². The first kappa shape index (κ1) is 27.9. The summed E-state index contributed by atoms with van der Waals surface area (Å²) >= 11 is 1.36. The Kier molecular flexibility index (Phi) is 9.04. The van der Waals surface area contributed by atoms with Gasteiger partial charge < -0.3 is 15.3 Å². The van der Waals surface area contributed by atoms with Crippen LogP contribution in [-0.4, -0.2) is 72.0 Å². The summed E-state index contributed by atoms with van der Waals surface area (Å²) in [6, 6.07) is 26.2. The van der Waals surface area contributed by atoms with Crippen molar-refractivity contribution in [3.05, 3.63) is 90.5 Å². The number of sulfonamides is 1. The van der Waals surface area contributed by atoms with Gasteiger partial charge in [0.05, 0.1) is 17.0 Å². The van der Waals surface area contributed by atoms with Gasteiger partial charge in [-0.15, -0.1) is 11.8 Å². The summed E-state index contributed by atoms with van der Waals surface area (Å²) in [7, 11) is -3.85. The molecule has 9 heteroatoms. The number of carbonyl (C=O) groups is 1. The molecule has 2 saturated heterocycles. The fraction of sp³-hybridized carbons (Fsp3) is 0.367. The van der Waals surface area contributed by atoms with E-state index in [2.05, 4.69) is 10.2 Å². The number of thioether (sulfide) groups is 1. The Labute approximate surface area is 235 Å². The van der Waals surface area contributed by atoms with E-state index >= 15 is 0 Å². The van der Waals surface area contributed by atoms with Gasteiger partial charge in [-0.25, -0.2) is 8.42 Å². The fourth-order valence-corrected chi connectivity index (χ4v) is 8.37. The number of hydrogen-bond donors (Lipinski definition) is 2. The molecule has 2 N–H and O–H groups in total. The number of carbonyl (C=O) groups excluding carboxylic acids is 1. The van der Waals surface area contributed by atoms with Crippen molar-refractivity contribution in [3.63, 3.8) is 0 Å². The Balaban J connectivity index is 1.29. The number of amides is 1. The van der Waals surface area contributed by atoms with Crippen LogP contribution in [-0.2, 0) is 14.8 Å². The minimum Gasteiger partial charge on any atom is -0.392 e. The topological polar surface area (TPSA) is 90.0 Å². The van der Waals surface area contributed by atoms with Crippen LogP contribution in [0.15, 0.2) is 89.8 Å². The summed E-state index contributed by atoms with van der Waals surface area (Å²) in [6.45, 7) is 2.60. The van der Waals surface area contributed by atoms with Gasteiger partial charge in [0.25, 0.3) is 0 Å². The molecular formula is C30H35N3O4S2. The number of likely N-dealkylation sites (tertiary alicyclic amines) is 1. The quantitative estimate of drug-likeness (QED) is 0.406. The highest BCUT2D eigenvalue weighted by molar-refractivity contribution is 8.02. The Hall–Kier alpha value is -2.69. The molecule has 2 aliphatic rings. The van der Waals surface area contributed by atoms with Gasteiger partial charge in [0.15, 0.2) is 0 Å². The molecule has 5 rings (SSSR count). The van der Waals surface area contributed by atoms with Gasteiger partial charge >= 0.3 is 0 Å². The second-order valence-corrected chi connectivity index (χ2v) is 13.2. The Morgan fingerprint density at radius 3 is 2.31 bits per heavy atom. The van der Waals surface area contributed by atoms with Crippen LogP contribution < -0.4 is 5.32 Å². The van der Waals surface area contributed by atoms with Crippen molar-refractivity contribution in [1.29, 1.82) is 0 Å². The number of benzene rings is 3. The average Bonchev–Trinajstić information content (AvgIpc) is 3.48. The lowest BCUT2D eigenvalue weighted by Crippen LogP contribution is -2.46. The van der Waals surface area contributed by atoms with Crippen molar-refractivity contribution in [1.82, 2.24) is 14.5 Å². The monoisotopic (exact) mass is 565 g/mol. The van der Waals surface area contributed by atoms with Crippen LogP contribution in [0, 0.1) is 0 Å². The number of β-amino-alcohol motifs (C(OH)–C–C–N with tert-alkyl or cyclic N) is 1. The predicted molar refractivity (Wildman–Crippen MR) is 156 cm³/mol. The lowest BCUT2D eigenvalue weighted by atomic mass is 10.0. The van der Waals surface area contributed by atoms with Crippen molar-refractivity contribution in [2.75, 3.05) is 31.9 Å². The molecule has 3 atom stereocenters. The highest BCUT2D eigenvalue weighted by Crippen LogP contribution is 2.32. The first-order valence-corrected chi connectivity index (χ1v) is 16.0. The number of piperidine rings is 1. The number of hydrogen-bond acceptors (Lipinski definition) is 6. The maximum absolute atomic E-state index is 13.6. The smallest absolute Gasteiger partial charge is 0.249 e. The van der Waals surface area contributed by atoms with E-state index in [1.807, 2.05) is 72.8 Å². The van der Waals surface area contributed by atoms with Gasteiger partial charge in [0, 0.05) is 25.4 Å². The first-order chi connectivity index (χ1) is 18.9. The van der Waals surface area contributed by atoms with Crippen LogP contribution in [0.2, 0.25) is 0 Å². The molecular weight excluding hydrogens is 530 g/mol. The summed E-state index contributed by atoms with van der Waals surface area (Å²) in [5.74, 6) is 0.260. The van der Waals surface area contributed by atoms with E-state index in [0.29, 0.717) is 18.7 Å². The van der Waals surface area contributed by atoms with E-state index in [-0.39, 0.29) is 29.5 Å². The molecule has 7 nitrogen and oxygen atoms in total. The molecule has 2 aliphatic heterocycles. The Morgan fingerprint density at radius 2 is 1.62 bits per heavy atom.